The van der Waals surface area contributed by atoms with Crippen LogP contribution < -0.4 is 0 Å². The fourth-order valence-corrected chi connectivity index (χ4v) is 2.81. The number of aliphatic hydroxyl groups excluding tert-OH is 1. The number of hydrogen-bond donors (Lipinski definition) is 1. The van der Waals surface area contributed by atoms with Crippen LogP contribution in [0.2, 0.25) is 0 Å². The maximum atomic E-state index is 11.3. The van der Waals surface area contributed by atoms with Crippen LogP contribution in [-0.4, -0.2) is 29.6 Å². The summed E-state index contributed by atoms with van der Waals surface area (Å²) in [6.45, 7) is 0.140. The lowest BCUT2D eigenvalue weighted by atomic mass is 9.84. The minimum Gasteiger partial charge on any atom is -0.387 e. The van der Waals surface area contributed by atoms with E-state index in [4.69, 9.17) is 5.11 Å². The maximum absolute atomic E-state index is 11.3. The van der Waals surface area contributed by atoms with Crippen molar-refractivity contribution in [2.75, 3.05) is 13.7 Å². The van der Waals surface area contributed by atoms with Crippen LogP contribution in [0.25, 0.3) is 0 Å². The predicted molar refractivity (Wildman–Crippen MR) is 75.8 cm³/mol. The number of rotatable bonds is 4. The standard InChI is InChI=1S/C16H23NO2/c1-17(16(19)12-18)11-13-7-9-15(10-8-13)14-5-3-2-4-6-14/h7-10,14,18H,2-6,11-12H2,1H3. The molecule has 0 aromatic heterocycles. The number of aliphatic hydroxyl groups is 1. The van der Waals surface area contributed by atoms with Crippen molar-refractivity contribution in [3.05, 3.63) is 35.4 Å². The topological polar surface area (TPSA) is 40.5 Å². The molecule has 1 aliphatic rings. The van der Waals surface area contributed by atoms with Gasteiger partial charge in [-0.15, -0.1) is 0 Å². The number of carbonyl (C=O) groups excluding carboxylic acids is 1. The molecule has 1 N–H and O–H groups in total. The minimum absolute atomic E-state index is 0.239. The molecule has 104 valence electrons. The average molecular weight is 261 g/mol. The Labute approximate surface area is 115 Å². The van der Waals surface area contributed by atoms with E-state index >= 15 is 0 Å². The van der Waals surface area contributed by atoms with E-state index in [1.165, 1.54) is 37.7 Å². The lowest BCUT2D eigenvalue weighted by Crippen LogP contribution is -2.28. The average Bonchev–Trinajstić information content (AvgIpc) is 2.48. The molecule has 0 bridgehead atoms. The molecule has 19 heavy (non-hydrogen) atoms. The van der Waals surface area contributed by atoms with Crippen LogP contribution in [0.1, 0.15) is 49.1 Å². The molecule has 0 radical (unpaired) electrons. The highest BCUT2D eigenvalue weighted by molar-refractivity contribution is 5.76. The Morgan fingerprint density at radius 1 is 1.21 bits per heavy atom. The summed E-state index contributed by atoms with van der Waals surface area (Å²) >= 11 is 0. The predicted octanol–water partition coefficient (Wildman–Crippen LogP) is 2.69. The summed E-state index contributed by atoms with van der Waals surface area (Å²) in [7, 11) is 1.72. The zero-order valence-corrected chi connectivity index (χ0v) is 11.6. The molecule has 1 amide bonds. The van der Waals surface area contributed by atoms with E-state index in [1.54, 1.807) is 11.9 Å². The Hall–Kier alpha value is -1.35. The van der Waals surface area contributed by atoms with Crippen molar-refractivity contribution in [3.8, 4) is 0 Å². The van der Waals surface area contributed by atoms with Gasteiger partial charge < -0.3 is 10.0 Å². The molecule has 2 rings (SSSR count). The maximum Gasteiger partial charge on any atom is 0.248 e. The third kappa shape index (κ3) is 3.80. The van der Waals surface area contributed by atoms with E-state index in [1.807, 2.05) is 0 Å². The first-order chi connectivity index (χ1) is 9.20. The summed E-state index contributed by atoms with van der Waals surface area (Å²) in [6, 6.07) is 8.60. The van der Waals surface area contributed by atoms with Crippen LogP contribution in [-0.2, 0) is 11.3 Å². The summed E-state index contributed by atoms with van der Waals surface area (Å²) in [4.78, 5) is 12.9. The van der Waals surface area contributed by atoms with Gasteiger partial charge in [-0.3, -0.25) is 4.79 Å². The Morgan fingerprint density at radius 2 is 1.84 bits per heavy atom. The normalized spacial score (nSPS) is 16.3. The summed E-state index contributed by atoms with van der Waals surface area (Å²) in [5.74, 6) is 0.482. The number of benzene rings is 1. The molecule has 0 atom stereocenters. The first-order valence-corrected chi connectivity index (χ1v) is 7.14. The summed E-state index contributed by atoms with van der Waals surface area (Å²) < 4.78 is 0. The second-order valence-corrected chi connectivity index (χ2v) is 5.48. The zero-order valence-electron chi connectivity index (χ0n) is 11.6. The highest BCUT2D eigenvalue weighted by Gasteiger charge is 2.15. The van der Waals surface area contributed by atoms with Gasteiger partial charge in [0.1, 0.15) is 6.61 Å². The van der Waals surface area contributed by atoms with Crippen molar-refractivity contribution in [2.24, 2.45) is 0 Å². The quantitative estimate of drug-likeness (QED) is 0.905. The highest BCUT2D eigenvalue weighted by atomic mass is 16.3. The summed E-state index contributed by atoms with van der Waals surface area (Å²) in [5, 5.41) is 8.81. The smallest absolute Gasteiger partial charge is 0.248 e. The Kier molecular flexibility index (Phi) is 4.97. The van der Waals surface area contributed by atoms with E-state index < -0.39 is 6.61 Å². The van der Waals surface area contributed by atoms with Crippen molar-refractivity contribution < 1.29 is 9.90 Å². The van der Waals surface area contributed by atoms with E-state index in [9.17, 15) is 4.79 Å². The third-order valence-corrected chi connectivity index (χ3v) is 4.04. The molecule has 3 nitrogen and oxygen atoms in total. The number of likely N-dealkylation sites (N-methyl/N-ethyl adjacent to an activating group) is 1. The molecule has 3 heteroatoms. The van der Waals surface area contributed by atoms with Crippen LogP contribution in [0.15, 0.2) is 24.3 Å². The monoisotopic (exact) mass is 261 g/mol. The van der Waals surface area contributed by atoms with Gasteiger partial charge >= 0.3 is 0 Å². The van der Waals surface area contributed by atoms with Gasteiger partial charge in [-0.2, -0.15) is 0 Å². The van der Waals surface area contributed by atoms with Crippen LogP contribution >= 0.6 is 0 Å². The Balaban J connectivity index is 1.96. The number of carbonyl (C=O) groups is 1. The first kappa shape index (κ1) is 14.1. The largest absolute Gasteiger partial charge is 0.387 e. The molecule has 1 aliphatic carbocycles. The molecule has 0 unspecified atom stereocenters. The fraction of sp³-hybridized carbons (Fsp3) is 0.562. The summed E-state index contributed by atoms with van der Waals surface area (Å²) in [5.41, 5.74) is 2.54. The van der Waals surface area contributed by atoms with E-state index in [-0.39, 0.29) is 5.91 Å². The van der Waals surface area contributed by atoms with Crippen molar-refractivity contribution in [2.45, 2.75) is 44.6 Å². The number of amides is 1. The molecular formula is C16H23NO2. The second-order valence-electron chi connectivity index (χ2n) is 5.48. The number of hydrogen-bond acceptors (Lipinski definition) is 2. The van der Waals surface area contributed by atoms with E-state index in [0.29, 0.717) is 6.54 Å². The number of nitrogens with zero attached hydrogens (tertiary/aromatic N) is 1. The third-order valence-electron chi connectivity index (χ3n) is 4.04. The van der Waals surface area contributed by atoms with Crippen molar-refractivity contribution in [1.29, 1.82) is 0 Å². The molecular weight excluding hydrogens is 238 g/mol. The molecule has 1 fully saturated rings. The van der Waals surface area contributed by atoms with Gasteiger partial charge in [-0.25, -0.2) is 0 Å². The first-order valence-electron chi connectivity index (χ1n) is 7.14. The van der Waals surface area contributed by atoms with Crippen LogP contribution in [0, 0.1) is 0 Å². The summed E-state index contributed by atoms with van der Waals surface area (Å²) in [6.07, 6.45) is 6.69. The molecule has 1 aromatic rings. The molecule has 0 spiro atoms. The minimum atomic E-state index is -0.420. The molecule has 0 heterocycles. The molecule has 0 saturated heterocycles. The van der Waals surface area contributed by atoms with E-state index in [2.05, 4.69) is 24.3 Å². The highest BCUT2D eigenvalue weighted by Crippen LogP contribution is 2.32. The lowest BCUT2D eigenvalue weighted by Gasteiger charge is -2.22. The van der Waals surface area contributed by atoms with Gasteiger partial charge in [0, 0.05) is 13.6 Å². The van der Waals surface area contributed by atoms with Crippen LogP contribution in [0.4, 0.5) is 0 Å². The van der Waals surface area contributed by atoms with Crippen LogP contribution in [0.3, 0.4) is 0 Å². The van der Waals surface area contributed by atoms with Gasteiger partial charge in [0.15, 0.2) is 0 Å². The van der Waals surface area contributed by atoms with Crippen molar-refractivity contribution >= 4 is 5.91 Å². The van der Waals surface area contributed by atoms with Gasteiger partial charge in [0.25, 0.3) is 0 Å². The van der Waals surface area contributed by atoms with E-state index in [0.717, 1.165) is 11.5 Å². The van der Waals surface area contributed by atoms with Crippen molar-refractivity contribution in [3.63, 3.8) is 0 Å². The Morgan fingerprint density at radius 3 is 2.42 bits per heavy atom. The zero-order chi connectivity index (χ0) is 13.7. The van der Waals surface area contributed by atoms with Crippen LogP contribution in [0.5, 0.6) is 0 Å². The second kappa shape index (κ2) is 6.71. The van der Waals surface area contributed by atoms with Crippen molar-refractivity contribution in [1.82, 2.24) is 4.90 Å². The fourth-order valence-electron chi connectivity index (χ4n) is 2.81. The molecule has 1 aromatic carbocycles. The van der Waals surface area contributed by atoms with Gasteiger partial charge in [-0.05, 0) is 29.9 Å². The van der Waals surface area contributed by atoms with Gasteiger partial charge in [-0.1, -0.05) is 43.5 Å². The van der Waals surface area contributed by atoms with Gasteiger partial charge in [0.2, 0.25) is 5.91 Å². The SMILES string of the molecule is CN(Cc1ccc(C2CCCCC2)cc1)C(=O)CO. The molecule has 1 saturated carbocycles. The Bertz CT molecular complexity index is 407. The molecule has 0 aliphatic heterocycles. The van der Waals surface area contributed by atoms with Gasteiger partial charge in [0.05, 0.1) is 0 Å². The lowest BCUT2D eigenvalue weighted by molar-refractivity contribution is -0.133.